The molecule has 1 aromatic carbocycles. The Hall–Kier alpha value is -0.321. The normalized spacial score (nSPS) is 24.1. The molecule has 1 heterocycles. The average Bonchev–Trinajstić information content (AvgIpc) is 2.71. The Morgan fingerprint density at radius 3 is 2.89 bits per heavy atom. The van der Waals surface area contributed by atoms with E-state index in [2.05, 4.69) is 45.7 Å². The molecule has 18 heavy (non-hydrogen) atoms. The van der Waals surface area contributed by atoms with Gasteiger partial charge in [0.05, 0.1) is 0 Å². The predicted octanol–water partition coefficient (Wildman–Crippen LogP) is 2.85. The summed E-state index contributed by atoms with van der Waals surface area (Å²) in [5.41, 5.74) is 1.28. The zero-order valence-corrected chi connectivity index (χ0v) is 14.0. The van der Waals surface area contributed by atoms with Gasteiger partial charge in [0.25, 0.3) is 0 Å². The fourth-order valence-corrected chi connectivity index (χ4v) is 4.49. The van der Waals surface area contributed by atoms with Gasteiger partial charge in [-0.05, 0) is 0 Å². The fraction of sp³-hybridized carbons (Fsp3) is 0.357. The number of rotatable bonds is 4. The molecule has 1 aromatic rings. The van der Waals surface area contributed by atoms with E-state index in [-0.39, 0.29) is 31.8 Å². The molecule has 2 nitrogen and oxygen atoms in total. The van der Waals surface area contributed by atoms with E-state index in [0.29, 0.717) is 0 Å². The molecule has 1 aliphatic heterocycles. The van der Waals surface area contributed by atoms with Crippen LogP contribution in [0, 0.1) is 0 Å². The number of ether oxygens (including phenoxy) is 1. The first-order chi connectivity index (χ1) is 8.69. The quantitative estimate of drug-likeness (QED) is 0.425. The maximum absolute atomic E-state index is 11.8. The van der Waals surface area contributed by atoms with E-state index >= 15 is 0 Å². The van der Waals surface area contributed by atoms with Crippen LogP contribution in [0.15, 0.2) is 40.0 Å². The first kappa shape index (κ1) is 14.1. The van der Waals surface area contributed by atoms with Crippen molar-refractivity contribution in [1.29, 1.82) is 0 Å². The van der Waals surface area contributed by atoms with Crippen LogP contribution < -0.4 is 4.46 Å². The number of carbonyl (C=O) groups excluding carboxylic acids is 1. The zero-order chi connectivity index (χ0) is 13.0. The van der Waals surface area contributed by atoms with Crippen molar-refractivity contribution in [1.82, 2.24) is 0 Å². The Bertz CT molecular complexity index is 444. The molecule has 0 bridgehead atoms. The summed E-state index contributed by atoms with van der Waals surface area (Å²) in [4.78, 5) is 11.9. The Kier molecular flexibility index (Phi) is 5.27. The molecule has 1 saturated heterocycles. The molecule has 0 saturated carbocycles. The molecule has 1 aliphatic rings. The molecule has 2 rings (SSSR count). The topological polar surface area (TPSA) is 26.3 Å². The van der Waals surface area contributed by atoms with Gasteiger partial charge in [-0.25, -0.2) is 0 Å². The van der Waals surface area contributed by atoms with Crippen molar-refractivity contribution >= 4 is 48.0 Å². The number of cyclic esters (lactones) is 1. The average molecular weight is 421 g/mol. The Morgan fingerprint density at radius 1 is 1.50 bits per heavy atom. The third-order valence-electron chi connectivity index (χ3n) is 2.78. The van der Waals surface area contributed by atoms with Gasteiger partial charge in [-0.3, -0.25) is 0 Å². The van der Waals surface area contributed by atoms with Crippen molar-refractivity contribution < 1.29 is 9.53 Å². The van der Waals surface area contributed by atoms with Crippen LogP contribution in [0.5, 0.6) is 0 Å². The maximum atomic E-state index is 11.8. The molecule has 96 valence electrons. The standard InChI is InChI=1S/C14H15IO2Se/c1-10(9-15)7-11-8-13(14(16)17-11)18-12-5-3-2-4-6-12/h2-6,9,11,13H,7-8H2,1H3/b10-9+/t11-,13?/m1/s1. The van der Waals surface area contributed by atoms with E-state index in [4.69, 9.17) is 4.74 Å². The molecule has 2 atom stereocenters. The minimum absolute atomic E-state index is 0.00916. The van der Waals surface area contributed by atoms with Crippen LogP contribution in [0.25, 0.3) is 0 Å². The first-order valence-electron chi connectivity index (χ1n) is 5.87. The second kappa shape index (κ2) is 6.73. The van der Waals surface area contributed by atoms with Crippen LogP contribution >= 0.6 is 22.6 Å². The van der Waals surface area contributed by atoms with Gasteiger partial charge < -0.3 is 0 Å². The molecule has 4 heteroatoms. The second-order valence-electron chi connectivity index (χ2n) is 4.37. The number of benzene rings is 1. The Labute approximate surface area is 127 Å². The molecule has 0 spiro atoms. The van der Waals surface area contributed by atoms with Gasteiger partial charge >= 0.3 is 128 Å². The molecule has 0 N–H and O–H groups in total. The van der Waals surface area contributed by atoms with E-state index < -0.39 is 0 Å². The number of esters is 1. The van der Waals surface area contributed by atoms with Crippen LogP contribution in [-0.4, -0.2) is 27.0 Å². The molecular weight excluding hydrogens is 406 g/mol. The fourth-order valence-electron chi connectivity index (χ4n) is 1.91. The van der Waals surface area contributed by atoms with Gasteiger partial charge in [-0.1, -0.05) is 0 Å². The Morgan fingerprint density at radius 2 is 2.22 bits per heavy atom. The van der Waals surface area contributed by atoms with Gasteiger partial charge in [0.1, 0.15) is 0 Å². The third-order valence-corrected chi connectivity index (χ3v) is 6.39. The van der Waals surface area contributed by atoms with Crippen LogP contribution in [-0.2, 0) is 9.53 Å². The SMILES string of the molecule is C/C(=C\I)C[C@@H]1CC([Se]c2ccccc2)C(=O)O1. The number of hydrogen-bond acceptors (Lipinski definition) is 2. The summed E-state index contributed by atoms with van der Waals surface area (Å²) in [7, 11) is 0. The molecule has 0 radical (unpaired) electrons. The molecule has 0 aliphatic carbocycles. The van der Waals surface area contributed by atoms with Gasteiger partial charge in [-0.15, -0.1) is 0 Å². The molecule has 1 unspecified atom stereocenters. The van der Waals surface area contributed by atoms with Crippen molar-refractivity contribution in [2.24, 2.45) is 0 Å². The predicted molar refractivity (Wildman–Crippen MR) is 82.5 cm³/mol. The van der Waals surface area contributed by atoms with Gasteiger partial charge in [0.2, 0.25) is 0 Å². The number of carbonyl (C=O) groups is 1. The summed E-state index contributed by atoms with van der Waals surface area (Å²) < 4.78 is 8.78. The summed E-state index contributed by atoms with van der Waals surface area (Å²) in [6, 6.07) is 10.2. The number of halogens is 1. The van der Waals surface area contributed by atoms with Crippen LogP contribution in [0.3, 0.4) is 0 Å². The second-order valence-corrected chi connectivity index (χ2v) is 7.67. The van der Waals surface area contributed by atoms with Crippen LogP contribution in [0.4, 0.5) is 0 Å². The summed E-state index contributed by atoms with van der Waals surface area (Å²) in [5.74, 6) is -0.00916. The third kappa shape index (κ3) is 3.84. The molecular formula is C14H15IO2Se. The van der Waals surface area contributed by atoms with Crippen molar-refractivity contribution in [3.63, 3.8) is 0 Å². The summed E-state index contributed by atoms with van der Waals surface area (Å²) in [5, 5.41) is 0. The summed E-state index contributed by atoms with van der Waals surface area (Å²) in [6.07, 6.45) is 1.82. The Balaban J connectivity index is 1.93. The number of hydrogen-bond donors (Lipinski definition) is 0. The van der Waals surface area contributed by atoms with Crippen molar-refractivity contribution in [3.8, 4) is 0 Å². The van der Waals surface area contributed by atoms with E-state index in [9.17, 15) is 4.79 Å². The zero-order valence-electron chi connectivity index (χ0n) is 10.1. The van der Waals surface area contributed by atoms with E-state index in [1.807, 2.05) is 18.2 Å². The minimum atomic E-state index is -0.00916. The monoisotopic (exact) mass is 422 g/mol. The van der Waals surface area contributed by atoms with Gasteiger partial charge in [-0.2, -0.15) is 0 Å². The molecule has 0 amide bonds. The first-order valence-corrected chi connectivity index (χ1v) is 8.96. The van der Waals surface area contributed by atoms with Crippen molar-refractivity contribution in [2.45, 2.75) is 30.7 Å². The van der Waals surface area contributed by atoms with Crippen LogP contribution in [0.2, 0.25) is 4.82 Å². The van der Waals surface area contributed by atoms with Crippen LogP contribution in [0.1, 0.15) is 19.8 Å². The summed E-state index contributed by atoms with van der Waals surface area (Å²) >= 11 is 2.42. The summed E-state index contributed by atoms with van der Waals surface area (Å²) in [6.45, 7) is 2.08. The molecule has 1 fully saturated rings. The van der Waals surface area contributed by atoms with E-state index in [0.717, 1.165) is 12.8 Å². The van der Waals surface area contributed by atoms with Gasteiger partial charge in [0, 0.05) is 0 Å². The van der Waals surface area contributed by atoms with Crippen molar-refractivity contribution in [3.05, 3.63) is 40.0 Å². The van der Waals surface area contributed by atoms with E-state index in [1.54, 1.807) is 0 Å². The van der Waals surface area contributed by atoms with Crippen molar-refractivity contribution in [2.75, 3.05) is 0 Å². The van der Waals surface area contributed by atoms with E-state index in [1.165, 1.54) is 10.0 Å². The van der Waals surface area contributed by atoms with Gasteiger partial charge in [0.15, 0.2) is 0 Å². The molecule has 0 aromatic heterocycles.